The second kappa shape index (κ2) is 8.64. The maximum atomic E-state index is 10.1. The number of para-hydroxylation sites is 2. The Hall–Kier alpha value is -4.36. The maximum absolute atomic E-state index is 10.1. The van der Waals surface area contributed by atoms with E-state index in [9.17, 15) is 5.26 Å². The SMILES string of the molecule is COc1ccc(C=C(C#N)c2nc3ccccc3n2Cc2c(C)ccc3ccccc23)cc1. The standard InChI is InChI=1S/C29H23N3O/c1-20-11-14-22-7-3-4-8-25(22)26(20)19-32-28-10-6-5-9-27(28)31-29(32)23(18-30)17-21-12-15-24(33-2)16-13-21/h3-17H,19H2,1-2H3. The molecular weight excluding hydrogens is 406 g/mol. The first-order valence-corrected chi connectivity index (χ1v) is 10.9. The van der Waals surface area contributed by atoms with Gasteiger partial charge in [-0.1, -0.05) is 60.7 Å². The van der Waals surface area contributed by atoms with Crippen molar-refractivity contribution in [3.05, 3.63) is 107 Å². The van der Waals surface area contributed by atoms with E-state index in [1.807, 2.05) is 48.5 Å². The van der Waals surface area contributed by atoms with Gasteiger partial charge >= 0.3 is 0 Å². The monoisotopic (exact) mass is 429 g/mol. The summed E-state index contributed by atoms with van der Waals surface area (Å²) in [4.78, 5) is 4.87. The minimum Gasteiger partial charge on any atom is -0.497 e. The smallest absolute Gasteiger partial charge is 0.152 e. The number of nitrogens with zero attached hydrogens (tertiary/aromatic N) is 3. The molecule has 0 atom stereocenters. The molecule has 0 saturated carbocycles. The Morgan fingerprint density at radius 3 is 2.52 bits per heavy atom. The average Bonchev–Trinajstić information content (AvgIpc) is 3.23. The number of hydrogen-bond acceptors (Lipinski definition) is 3. The zero-order valence-corrected chi connectivity index (χ0v) is 18.6. The normalized spacial score (nSPS) is 11.6. The van der Waals surface area contributed by atoms with Gasteiger partial charge in [0.1, 0.15) is 11.8 Å². The molecule has 4 heteroatoms. The highest BCUT2D eigenvalue weighted by Crippen LogP contribution is 2.28. The summed E-state index contributed by atoms with van der Waals surface area (Å²) in [5, 5.41) is 12.5. The fourth-order valence-corrected chi connectivity index (χ4v) is 4.27. The van der Waals surface area contributed by atoms with Crippen LogP contribution in [0.1, 0.15) is 22.5 Å². The van der Waals surface area contributed by atoms with Crippen molar-refractivity contribution < 1.29 is 4.74 Å². The van der Waals surface area contributed by atoms with Gasteiger partial charge in [0.15, 0.2) is 5.82 Å². The van der Waals surface area contributed by atoms with Crippen LogP contribution in [0.3, 0.4) is 0 Å². The molecule has 0 fully saturated rings. The molecule has 0 bridgehead atoms. The van der Waals surface area contributed by atoms with Gasteiger partial charge in [0.2, 0.25) is 0 Å². The van der Waals surface area contributed by atoms with Crippen molar-refractivity contribution in [2.75, 3.05) is 7.11 Å². The van der Waals surface area contributed by atoms with E-state index in [0.29, 0.717) is 17.9 Å². The number of rotatable bonds is 5. The highest BCUT2D eigenvalue weighted by atomic mass is 16.5. The molecule has 0 radical (unpaired) electrons. The van der Waals surface area contributed by atoms with E-state index in [1.165, 1.54) is 21.9 Å². The molecule has 0 N–H and O–H groups in total. The number of ether oxygens (including phenoxy) is 1. The summed E-state index contributed by atoms with van der Waals surface area (Å²) < 4.78 is 7.41. The van der Waals surface area contributed by atoms with Crippen LogP contribution in [-0.4, -0.2) is 16.7 Å². The number of allylic oxidation sites excluding steroid dienone is 1. The van der Waals surface area contributed by atoms with Gasteiger partial charge < -0.3 is 9.30 Å². The lowest BCUT2D eigenvalue weighted by Crippen LogP contribution is -2.06. The largest absolute Gasteiger partial charge is 0.497 e. The molecule has 160 valence electrons. The molecular formula is C29H23N3O. The summed E-state index contributed by atoms with van der Waals surface area (Å²) in [6, 6.07) is 30.8. The predicted octanol–water partition coefficient (Wildman–Crippen LogP) is 6.62. The molecule has 5 aromatic rings. The number of benzene rings is 4. The van der Waals surface area contributed by atoms with Crippen LogP contribution in [0, 0.1) is 18.3 Å². The van der Waals surface area contributed by atoms with Crippen molar-refractivity contribution in [1.29, 1.82) is 5.26 Å². The molecule has 0 amide bonds. The molecule has 0 aliphatic rings. The summed E-state index contributed by atoms with van der Waals surface area (Å²) >= 11 is 0. The van der Waals surface area contributed by atoms with Crippen LogP contribution in [0.25, 0.3) is 33.5 Å². The van der Waals surface area contributed by atoms with E-state index >= 15 is 0 Å². The van der Waals surface area contributed by atoms with Crippen LogP contribution >= 0.6 is 0 Å². The van der Waals surface area contributed by atoms with Crippen LogP contribution in [0.5, 0.6) is 5.75 Å². The van der Waals surface area contributed by atoms with Gasteiger partial charge in [-0.15, -0.1) is 0 Å². The molecule has 33 heavy (non-hydrogen) atoms. The number of methoxy groups -OCH3 is 1. The lowest BCUT2D eigenvalue weighted by Gasteiger charge is -2.14. The number of imidazole rings is 1. The number of hydrogen-bond donors (Lipinski definition) is 0. The van der Waals surface area contributed by atoms with Crippen molar-refractivity contribution >= 4 is 33.5 Å². The lowest BCUT2D eigenvalue weighted by atomic mass is 9.99. The van der Waals surface area contributed by atoms with E-state index in [2.05, 4.69) is 60.0 Å². The Kier molecular flexibility index (Phi) is 5.38. The Bertz CT molecular complexity index is 1540. The zero-order valence-electron chi connectivity index (χ0n) is 18.6. The first kappa shape index (κ1) is 20.5. The summed E-state index contributed by atoms with van der Waals surface area (Å²) in [5.41, 5.74) is 5.79. The van der Waals surface area contributed by atoms with Gasteiger partial charge in [0.05, 0.1) is 30.3 Å². The van der Waals surface area contributed by atoms with Crippen LogP contribution in [-0.2, 0) is 6.54 Å². The first-order chi connectivity index (χ1) is 16.2. The van der Waals surface area contributed by atoms with Crippen molar-refractivity contribution in [2.45, 2.75) is 13.5 Å². The Balaban J connectivity index is 1.68. The predicted molar refractivity (Wildman–Crippen MR) is 134 cm³/mol. The Morgan fingerprint density at radius 1 is 0.970 bits per heavy atom. The number of fused-ring (bicyclic) bond motifs is 2. The molecule has 1 heterocycles. The minimum atomic E-state index is 0.522. The molecule has 5 rings (SSSR count). The topological polar surface area (TPSA) is 50.8 Å². The third kappa shape index (κ3) is 3.86. The highest BCUT2D eigenvalue weighted by Gasteiger charge is 2.17. The van der Waals surface area contributed by atoms with E-state index in [-0.39, 0.29) is 0 Å². The van der Waals surface area contributed by atoms with Crippen LogP contribution in [0.4, 0.5) is 0 Å². The van der Waals surface area contributed by atoms with Crippen LogP contribution in [0.2, 0.25) is 0 Å². The minimum absolute atomic E-state index is 0.522. The molecule has 0 unspecified atom stereocenters. The number of nitriles is 1. The van der Waals surface area contributed by atoms with E-state index in [1.54, 1.807) is 7.11 Å². The van der Waals surface area contributed by atoms with Crippen molar-refractivity contribution in [1.82, 2.24) is 9.55 Å². The van der Waals surface area contributed by atoms with Crippen LogP contribution in [0.15, 0.2) is 84.9 Å². The second-order valence-electron chi connectivity index (χ2n) is 8.04. The summed E-state index contributed by atoms with van der Waals surface area (Å²) in [7, 11) is 1.64. The van der Waals surface area contributed by atoms with Crippen molar-refractivity contribution in [3.8, 4) is 11.8 Å². The molecule has 0 spiro atoms. The van der Waals surface area contributed by atoms with Gasteiger partial charge in [-0.25, -0.2) is 4.98 Å². The molecule has 1 aromatic heterocycles. The lowest BCUT2D eigenvalue weighted by molar-refractivity contribution is 0.415. The molecule has 0 saturated heterocycles. The molecule has 4 aromatic carbocycles. The van der Waals surface area contributed by atoms with Gasteiger partial charge in [-0.3, -0.25) is 0 Å². The fraction of sp³-hybridized carbons (Fsp3) is 0.103. The summed E-state index contributed by atoms with van der Waals surface area (Å²) in [6.07, 6.45) is 1.88. The quantitative estimate of drug-likeness (QED) is 0.295. The Morgan fingerprint density at radius 2 is 1.73 bits per heavy atom. The highest BCUT2D eigenvalue weighted by molar-refractivity contribution is 5.92. The van der Waals surface area contributed by atoms with E-state index in [4.69, 9.17) is 9.72 Å². The van der Waals surface area contributed by atoms with E-state index in [0.717, 1.165) is 22.3 Å². The third-order valence-electron chi connectivity index (χ3n) is 6.03. The van der Waals surface area contributed by atoms with Crippen molar-refractivity contribution in [2.24, 2.45) is 0 Å². The third-order valence-corrected chi connectivity index (χ3v) is 6.03. The summed E-state index contributed by atoms with van der Waals surface area (Å²) in [6.45, 7) is 2.77. The zero-order chi connectivity index (χ0) is 22.8. The molecule has 0 aliphatic carbocycles. The Labute approximate surface area is 193 Å². The second-order valence-corrected chi connectivity index (χ2v) is 8.04. The van der Waals surface area contributed by atoms with Gasteiger partial charge in [-0.2, -0.15) is 5.26 Å². The van der Waals surface area contributed by atoms with Crippen molar-refractivity contribution in [3.63, 3.8) is 0 Å². The van der Waals surface area contributed by atoms with E-state index < -0.39 is 0 Å². The maximum Gasteiger partial charge on any atom is 0.152 e. The number of aryl methyl sites for hydroxylation is 1. The average molecular weight is 430 g/mol. The van der Waals surface area contributed by atoms with Crippen LogP contribution < -0.4 is 4.74 Å². The van der Waals surface area contributed by atoms with Gasteiger partial charge in [0, 0.05) is 0 Å². The molecule has 0 aliphatic heterocycles. The van der Waals surface area contributed by atoms with Gasteiger partial charge in [0.25, 0.3) is 0 Å². The van der Waals surface area contributed by atoms with Gasteiger partial charge in [-0.05, 0) is 64.7 Å². The first-order valence-electron chi connectivity index (χ1n) is 10.9. The molecule has 4 nitrogen and oxygen atoms in total. The number of aromatic nitrogens is 2. The summed E-state index contributed by atoms with van der Waals surface area (Å²) in [5.74, 6) is 1.45. The fourth-order valence-electron chi connectivity index (χ4n) is 4.27.